The van der Waals surface area contributed by atoms with Gasteiger partial charge in [-0.05, 0) is 17.7 Å². The standard InChI is InChI=1S/C20H16O2.C6H8O7/c1-21-20(15-9-3-2-4-10-15)16-11-5-7-13-18(16)22-19-14-8-6-12-17(19)20;7-3(8)1-6(13,5(11)12)2-4(9)10/h2-14H,1H3;13H,1-2H2,(H,7,8)(H,9,10)(H,11,12). The lowest BCUT2D eigenvalue weighted by atomic mass is 9.78. The molecule has 9 nitrogen and oxygen atoms in total. The number of aliphatic hydroxyl groups is 1. The summed E-state index contributed by atoms with van der Waals surface area (Å²) in [6, 6.07) is 26.4. The van der Waals surface area contributed by atoms with Crippen molar-refractivity contribution in [3.8, 4) is 11.5 Å². The summed E-state index contributed by atoms with van der Waals surface area (Å²) in [6.45, 7) is 0. The van der Waals surface area contributed by atoms with Gasteiger partial charge in [-0.15, -0.1) is 0 Å². The van der Waals surface area contributed by atoms with Crippen LogP contribution in [0.2, 0.25) is 0 Å². The Labute approximate surface area is 200 Å². The van der Waals surface area contributed by atoms with E-state index in [0.717, 1.165) is 28.2 Å². The van der Waals surface area contributed by atoms with Crippen LogP contribution in [0.4, 0.5) is 0 Å². The van der Waals surface area contributed by atoms with E-state index in [9.17, 15) is 14.4 Å². The van der Waals surface area contributed by atoms with Crippen molar-refractivity contribution in [3.63, 3.8) is 0 Å². The van der Waals surface area contributed by atoms with Gasteiger partial charge in [0.15, 0.2) is 11.2 Å². The second kappa shape index (κ2) is 10.4. The molecule has 0 spiro atoms. The molecular formula is C26H24O9. The molecule has 1 aliphatic heterocycles. The first-order valence-electron chi connectivity index (χ1n) is 10.5. The fourth-order valence-electron chi connectivity index (χ4n) is 3.99. The number of rotatable bonds is 7. The van der Waals surface area contributed by atoms with Gasteiger partial charge in [0.25, 0.3) is 0 Å². The normalized spacial score (nSPS) is 13.2. The third-order valence-electron chi connectivity index (χ3n) is 5.52. The van der Waals surface area contributed by atoms with Crippen LogP contribution in [0.3, 0.4) is 0 Å². The first-order chi connectivity index (χ1) is 16.6. The molecule has 1 heterocycles. The summed E-state index contributed by atoms with van der Waals surface area (Å²) in [6.07, 6.45) is -2.29. The Balaban J connectivity index is 0.000000228. The zero-order chi connectivity index (χ0) is 25.6. The Morgan fingerprint density at radius 2 is 1.20 bits per heavy atom. The van der Waals surface area contributed by atoms with Crippen LogP contribution >= 0.6 is 0 Å². The molecule has 1 aliphatic rings. The molecule has 182 valence electrons. The quantitative estimate of drug-likeness (QED) is 0.398. The van der Waals surface area contributed by atoms with E-state index in [1.54, 1.807) is 7.11 Å². The van der Waals surface area contributed by atoms with Crippen LogP contribution in [0.1, 0.15) is 29.5 Å². The molecule has 4 N–H and O–H groups in total. The monoisotopic (exact) mass is 480 g/mol. The fraction of sp³-hybridized carbons (Fsp3) is 0.192. The number of ether oxygens (including phenoxy) is 2. The molecular weight excluding hydrogens is 456 g/mol. The van der Waals surface area contributed by atoms with Crippen molar-refractivity contribution in [3.05, 3.63) is 95.6 Å². The first-order valence-corrected chi connectivity index (χ1v) is 10.5. The SMILES string of the molecule is COC1(c2ccccc2)c2ccccc2Oc2ccccc21.O=C(O)CC(O)(CC(=O)O)C(=O)O. The number of methoxy groups -OCH3 is 1. The molecule has 9 heteroatoms. The van der Waals surface area contributed by atoms with E-state index in [2.05, 4.69) is 24.3 Å². The van der Waals surface area contributed by atoms with Crippen LogP contribution in [0.15, 0.2) is 78.9 Å². The van der Waals surface area contributed by atoms with E-state index < -0.39 is 42.0 Å². The second-order valence-corrected chi connectivity index (χ2v) is 7.82. The van der Waals surface area contributed by atoms with Crippen molar-refractivity contribution in [1.29, 1.82) is 0 Å². The molecule has 0 aliphatic carbocycles. The van der Waals surface area contributed by atoms with Gasteiger partial charge in [-0.25, -0.2) is 4.79 Å². The Kier molecular flexibility index (Phi) is 7.53. The summed E-state index contributed by atoms with van der Waals surface area (Å²) in [5, 5.41) is 33.8. The van der Waals surface area contributed by atoms with Crippen molar-refractivity contribution in [2.24, 2.45) is 0 Å². The number of carboxylic acids is 3. The minimum atomic E-state index is -2.74. The molecule has 0 fully saturated rings. The molecule has 35 heavy (non-hydrogen) atoms. The third-order valence-corrected chi connectivity index (χ3v) is 5.52. The lowest BCUT2D eigenvalue weighted by Gasteiger charge is -2.39. The van der Waals surface area contributed by atoms with Crippen molar-refractivity contribution >= 4 is 17.9 Å². The molecule has 0 unspecified atom stereocenters. The highest BCUT2D eigenvalue weighted by Crippen LogP contribution is 2.51. The van der Waals surface area contributed by atoms with Gasteiger partial charge in [-0.3, -0.25) is 9.59 Å². The summed E-state index contributed by atoms with van der Waals surface area (Å²) < 4.78 is 12.2. The minimum absolute atomic E-state index is 0.646. The van der Waals surface area contributed by atoms with Crippen molar-refractivity contribution in [2.75, 3.05) is 7.11 Å². The lowest BCUT2D eigenvalue weighted by Crippen LogP contribution is -2.42. The van der Waals surface area contributed by atoms with E-state index in [1.165, 1.54) is 0 Å². The predicted molar refractivity (Wildman–Crippen MR) is 123 cm³/mol. The molecule has 0 atom stereocenters. The second-order valence-electron chi connectivity index (χ2n) is 7.82. The summed E-state index contributed by atoms with van der Waals surface area (Å²) in [5.74, 6) is -3.34. The maximum absolute atomic E-state index is 10.3. The van der Waals surface area contributed by atoms with Gasteiger partial charge in [0.1, 0.15) is 11.5 Å². The molecule has 0 saturated heterocycles. The van der Waals surface area contributed by atoms with E-state index in [-0.39, 0.29) is 0 Å². The van der Waals surface area contributed by atoms with Gasteiger partial charge in [0.2, 0.25) is 0 Å². The fourth-order valence-corrected chi connectivity index (χ4v) is 3.99. The third kappa shape index (κ3) is 5.16. The number of aliphatic carboxylic acids is 3. The largest absolute Gasteiger partial charge is 0.481 e. The van der Waals surface area contributed by atoms with Crippen LogP contribution in [0, 0.1) is 0 Å². The van der Waals surface area contributed by atoms with E-state index in [0.29, 0.717) is 0 Å². The average molecular weight is 480 g/mol. The summed E-state index contributed by atoms with van der Waals surface area (Å²) in [4.78, 5) is 30.5. The van der Waals surface area contributed by atoms with Crippen LogP contribution in [0.5, 0.6) is 11.5 Å². The molecule has 3 aromatic carbocycles. The zero-order valence-electron chi connectivity index (χ0n) is 18.7. The van der Waals surface area contributed by atoms with Crippen molar-refractivity contribution in [2.45, 2.75) is 24.0 Å². The minimum Gasteiger partial charge on any atom is -0.481 e. The number of benzene rings is 3. The van der Waals surface area contributed by atoms with Crippen LogP contribution < -0.4 is 4.74 Å². The summed E-state index contributed by atoms with van der Waals surface area (Å²) in [7, 11) is 1.76. The Morgan fingerprint density at radius 3 is 1.60 bits per heavy atom. The number of para-hydroxylation sites is 2. The number of hydrogen-bond donors (Lipinski definition) is 4. The maximum atomic E-state index is 10.3. The summed E-state index contributed by atoms with van der Waals surface area (Å²) >= 11 is 0. The molecule has 0 bridgehead atoms. The predicted octanol–water partition coefficient (Wildman–Crippen LogP) is 3.48. The van der Waals surface area contributed by atoms with Gasteiger partial charge in [0.05, 0.1) is 12.8 Å². The molecule has 0 radical (unpaired) electrons. The van der Waals surface area contributed by atoms with Gasteiger partial charge >= 0.3 is 17.9 Å². The highest BCUT2D eigenvalue weighted by molar-refractivity contribution is 5.88. The number of fused-ring (bicyclic) bond motifs is 2. The van der Waals surface area contributed by atoms with Gasteiger partial charge in [-0.2, -0.15) is 0 Å². The van der Waals surface area contributed by atoms with Crippen LogP contribution in [-0.4, -0.2) is 51.0 Å². The number of hydrogen-bond acceptors (Lipinski definition) is 6. The Hall–Kier alpha value is -4.21. The Morgan fingerprint density at radius 1 is 0.771 bits per heavy atom. The number of carboxylic acid groups (broad SMARTS) is 3. The molecule has 0 aromatic heterocycles. The number of carbonyl (C=O) groups is 3. The zero-order valence-corrected chi connectivity index (χ0v) is 18.7. The highest BCUT2D eigenvalue weighted by Gasteiger charge is 2.44. The van der Waals surface area contributed by atoms with Crippen LogP contribution in [0.25, 0.3) is 0 Å². The Bertz CT molecular complexity index is 1160. The van der Waals surface area contributed by atoms with Crippen molar-refractivity contribution in [1.82, 2.24) is 0 Å². The van der Waals surface area contributed by atoms with Gasteiger partial charge in [0, 0.05) is 18.2 Å². The van der Waals surface area contributed by atoms with Gasteiger partial charge in [-0.1, -0.05) is 66.7 Å². The lowest BCUT2D eigenvalue weighted by molar-refractivity contribution is -0.170. The van der Waals surface area contributed by atoms with E-state index >= 15 is 0 Å². The molecule has 0 saturated carbocycles. The molecule has 0 amide bonds. The highest BCUT2D eigenvalue weighted by atomic mass is 16.5. The van der Waals surface area contributed by atoms with E-state index in [4.69, 9.17) is 29.9 Å². The van der Waals surface area contributed by atoms with Crippen LogP contribution in [-0.2, 0) is 24.7 Å². The first kappa shape index (κ1) is 25.4. The maximum Gasteiger partial charge on any atom is 0.336 e. The van der Waals surface area contributed by atoms with E-state index in [1.807, 2.05) is 54.6 Å². The summed E-state index contributed by atoms with van der Waals surface area (Å²) in [5.41, 5.74) is -0.227. The molecule has 3 aromatic rings. The van der Waals surface area contributed by atoms with Crippen molar-refractivity contribution < 1.29 is 44.3 Å². The topological polar surface area (TPSA) is 151 Å². The molecule has 4 rings (SSSR count). The average Bonchev–Trinajstić information content (AvgIpc) is 2.82. The van der Waals surface area contributed by atoms with Gasteiger partial charge < -0.3 is 29.9 Å². The smallest absolute Gasteiger partial charge is 0.336 e.